The summed E-state index contributed by atoms with van der Waals surface area (Å²) in [5, 5.41) is 3.72. The van der Waals surface area contributed by atoms with Crippen LogP contribution < -0.4 is 10.1 Å². The number of nitrogens with one attached hydrogen (secondary N) is 1. The second-order valence-corrected chi connectivity index (χ2v) is 6.13. The van der Waals surface area contributed by atoms with E-state index in [0.717, 1.165) is 31.4 Å². The van der Waals surface area contributed by atoms with E-state index in [1.807, 2.05) is 0 Å². The predicted molar refractivity (Wildman–Crippen MR) is 75.5 cm³/mol. The molecular weight excluding hydrogens is 236 g/mol. The van der Waals surface area contributed by atoms with E-state index in [1.165, 1.54) is 43.5 Å². The lowest BCUT2D eigenvalue weighted by Crippen LogP contribution is -2.32. The lowest BCUT2D eigenvalue weighted by molar-refractivity contribution is 0.317. The topological polar surface area (TPSA) is 24.5 Å². The summed E-state index contributed by atoms with van der Waals surface area (Å²) in [6.45, 7) is 4.39. The van der Waals surface area contributed by atoms with Crippen molar-refractivity contribution in [2.24, 2.45) is 0 Å². The fraction of sp³-hybridized carbons (Fsp3) is 0.625. The van der Waals surface area contributed by atoms with E-state index in [9.17, 15) is 0 Å². The highest BCUT2D eigenvalue weighted by atomic mass is 16.5. The van der Waals surface area contributed by atoms with Crippen molar-refractivity contribution in [1.82, 2.24) is 10.2 Å². The van der Waals surface area contributed by atoms with Gasteiger partial charge in [-0.2, -0.15) is 0 Å². The first-order valence-corrected chi connectivity index (χ1v) is 7.60. The molecule has 0 radical (unpaired) electrons. The van der Waals surface area contributed by atoms with Gasteiger partial charge in [-0.1, -0.05) is 12.1 Å². The van der Waals surface area contributed by atoms with Crippen molar-refractivity contribution in [3.8, 4) is 5.75 Å². The summed E-state index contributed by atoms with van der Waals surface area (Å²) >= 11 is 0. The van der Waals surface area contributed by atoms with Crippen molar-refractivity contribution in [3.63, 3.8) is 0 Å². The summed E-state index contributed by atoms with van der Waals surface area (Å²) in [6.07, 6.45) is 5.24. The fourth-order valence-corrected chi connectivity index (χ4v) is 3.34. The van der Waals surface area contributed by atoms with Gasteiger partial charge in [0, 0.05) is 38.1 Å². The highest BCUT2D eigenvalue weighted by Gasteiger charge is 2.34. The Kier molecular flexibility index (Phi) is 2.97. The minimum atomic E-state index is 0.685. The first-order valence-electron chi connectivity index (χ1n) is 7.60. The monoisotopic (exact) mass is 258 g/mol. The molecule has 1 saturated heterocycles. The smallest absolute Gasteiger partial charge is 0.122 e. The number of nitrogens with zero attached hydrogens (tertiary/aromatic N) is 1. The largest absolute Gasteiger partial charge is 0.493 e. The molecule has 1 aromatic rings. The van der Waals surface area contributed by atoms with Crippen LogP contribution in [0.5, 0.6) is 5.75 Å². The highest BCUT2D eigenvalue weighted by molar-refractivity contribution is 5.39. The van der Waals surface area contributed by atoms with Crippen molar-refractivity contribution in [1.29, 1.82) is 0 Å². The molecule has 0 bridgehead atoms. The molecule has 3 heteroatoms. The Bertz CT molecular complexity index is 470. The van der Waals surface area contributed by atoms with Crippen LogP contribution in [0, 0.1) is 0 Å². The van der Waals surface area contributed by atoms with Gasteiger partial charge < -0.3 is 10.1 Å². The molecular formula is C16H22N2O. The van der Waals surface area contributed by atoms with Crippen molar-refractivity contribution >= 4 is 0 Å². The van der Waals surface area contributed by atoms with Crippen molar-refractivity contribution in [2.75, 3.05) is 19.7 Å². The number of ether oxygens (including phenoxy) is 1. The van der Waals surface area contributed by atoms with Gasteiger partial charge in [-0.15, -0.1) is 0 Å². The van der Waals surface area contributed by atoms with E-state index < -0.39 is 0 Å². The van der Waals surface area contributed by atoms with E-state index >= 15 is 0 Å². The van der Waals surface area contributed by atoms with Crippen LogP contribution in [-0.4, -0.2) is 36.7 Å². The Morgan fingerprint density at radius 1 is 1.26 bits per heavy atom. The van der Waals surface area contributed by atoms with Gasteiger partial charge in [0.1, 0.15) is 5.75 Å². The Morgan fingerprint density at radius 3 is 3.11 bits per heavy atom. The average Bonchev–Trinajstić information content (AvgIpc) is 3.01. The first kappa shape index (κ1) is 11.7. The fourth-order valence-electron chi connectivity index (χ4n) is 3.34. The molecule has 1 unspecified atom stereocenters. The van der Waals surface area contributed by atoms with Crippen LogP contribution in [0.3, 0.4) is 0 Å². The van der Waals surface area contributed by atoms with Gasteiger partial charge in [-0.25, -0.2) is 0 Å². The molecule has 3 aliphatic rings. The lowest BCUT2D eigenvalue weighted by atomic mass is 10.1. The zero-order valence-corrected chi connectivity index (χ0v) is 11.4. The predicted octanol–water partition coefficient (Wildman–Crippen LogP) is 1.95. The summed E-state index contributed by atoms with van der Waals surface area (Å²) in [5.41, 5.74) is 2.78. The molecule has 2 fully saturated rings. The molecule has 4 rings (SSSR count). The minimum Gasteiger partial charge on any atom is -0.493 e. The molecule has 1 aliphatic carbocycles. The van der Waals surface area contributed by atoms with E-state index in [4.69, 9.17) is 4.74 Å². The molecule has 1 N–H and O–H groups in total. The van der Waals surface area contributed by atoms with E-state index in [0.29, 0.717) is 6.04 Å². The molecule has 2 heterocycles. The number of rotatable bonds is 4. The van der Waals surface area contributed by atoms with Gasteiger partial charge in [-0.3, -0.25) is 4.90 Å². The summed E-state index contributed by atoms with van der Waals surface area (Å²) in [7, 11) is 0. The van der Waals surface area contributed by atoms with Gasteiger partial charge in [0.25, 0.3) is 0 Å². The number of likely N-dealkylation sites (tertiary alicyclic amines) is 1. The number of hydrogen-bond acceptors (Lipinski definition) is 3. The van der Waals surface area contributed by atoms with E-state index in [-0.39, 0.29) is 0 Å². The van der Waals surface area contributed by atoms with Gasteiger partial charge in [-0.05, 0) is 36.5 Å². The van der Waals surface area contributed by atoms with Crippen molar-refractivity contribution in [3.05, 3.63) is 29.3 Å². The Morgan fingerprint density at radius 2 is 2.21 bits per heavy atom. The molecule has 2 aliphatic heterocycles. The lowest BCUT2D eigenvalue weighted by Gasteiger charge is -2.16. The first-order chi connectivity index (χ1) is 9.38. The van der Waals surface area contributed by atoms with Crippen molar-refractivity contribution in [2.45, 2.75) is 44.3 Å². The van der Waals surface area contributed by atoms with Crippen LogP contribution in [-0.2, 0) is 13.0 Å². The SMILES string of the molecule is c1cc2c(cc1CNC1CCN(C3CC3)C1)CCO2. The molecule has 1 saturated carbocycles. The zero-order chi connectivity index (χ0) is 12.7. The molecule has 0 amide bonds. The Labute approximate surface area is 114 Å². The quantitative estimate of drug-likeness (QED) is 0.893. The Balaban J connectivity index is 1.32. The zero-order valence-electron chi connectivity index (χ0n) is 11.4. The number of hydrogen-bond donors (Lipinski definition) is 1. The van der Waals surface area contributed by atoms with Crippen LogP contribution in [0.25, 0.3) is 0 Å². The highest BCUT2D eigenvalue weighted by Crippen LogP contribution is 2.30. The molecule has 1 atom stereocenters. The van der Waals surface area contributed by atoms with Crippen LogP contribution >= 0.6 is 0 Å². The van der Waals surface area contributed by atoms with E-state index in [1.54, 1.807) is 0 Å². The van der Waals surface area contributed by atoms with Crippen LogP contribution in [0.4, 0.5) is 0 Å². The number of benzene rings is 1. The Hall–Kier alpha value is -1.06. The second kappa shape index (κ2) is 4.80. The summed E-state index contributed by atoms with van der Waals surface area (Å²) in [5.74, 6) is 1.09. The van der Waals surface area contributed by atoms with Gasteiger partial charge >= 0.3 is 0 Å². The third kappa shape index (κ3) is 2.49. The molecule has 19 heavy (non-hydrogen) atoms. The standard InChI is InChI=1S/C16H22N2O/c1-4-16-13(6-8-19-16)9-12(1)10-17-14-5-7-18(11-14)15-2-3-15/h1,4,9,14-15,17H,2-3,5-8,10-11H2. The van der Waals surface area contributed by atoms with Gasteiger partial charge in [0.2, 0.25) is 0 Å². The third-order valence-electron chi connectivity index (χ3n) is 4.63. The van der Waals surface area contributed by atoms with Gasteiger partial charge in [0.05, 0.1) is 6.61 Å². The van der Waals surface area contributed by atoms with Gasteiger partial charge in [0.15, 0.2) is 0 Å². The third-order valence-corrected chi connectivity index (χ3v) is 4.63. The van der Waals surface area contributed by atoms with Crippen LogP contribution in [0.15, 0.2) is 18.2 Å². The van der Waals surface area contributed by atoms with Crippen LogP contribution in [0.1, 0.15) is 30.4 Å². The maximum absolute atomic E-state index is 5.55. The molecule has 0 aromatic heterocycles. The molecule has 1 aromatic carbocycles. The summed E-state index contributed by atoms with van der Waals surface area (Å²) in [4.78, 5) is 2.66. The number of fused-ring (bicyclic) bond motifs is 1. The molecule has 102 valence electrons. The average molecular weight is 258 g/mol. The summed E-state index contributed by atoms with van der Waals surface area (Å²) < 4.78 is 5.55. The van der Waals surface area contributed by atoms with Crippen molar-refractivity contribution < 1.29 is 4.74 Å². The van der Waals surface area contributed by atoms with E-state index in [2.05, 4.69) is 28.4 Å². The minimum absolute atomic E-state index is 0.685. The maximum atomic E-state index is 5.55. The molecule has 0 spiro atoms. The maximum Gasteiger partial charge on any atom is 0.122 e. The summed E-state index contributed by atoms with van der Waals surface area (Å²) in [6, 6.07) is 8.24. The normalized spacial score (nSPS) is 26.4. The molecule has 3 nitrogen and oxygen atoms in total. The van der Waals surface area contributed by atoms with Crippen LogP contribution in [0.2, 0.25) is 0 Å². The second-order valence-electron chi connectivity index (χ2n) is 6.13.